The molecule has 1 unspecified atom stereocenters. The monoisotopic (exact) mass is 408 g/mol. The van der Waals surface area contributed by atoms with Crippen molar-refractivity contribution < 1.29 is 9.32 Å². The SMILES string of the molecule is CSc1cccc(NC(=O)C2CCCN(Cc3nc(-c4ccccc4)no3)C2)c1. The second-order valence-electron chi connectivity index (χ2n) is 7.17. The molecule has 1 aromatic heterocycles. The van der Waals surface area contributed by atoms with Gasteiger partial charge in [-0.15, -0.1) is 11.8 Å². The molecule has 1 amide bonds. The molecule has 1 N–H and O–H groups in total. The van der Waals surface area contributed by atoms with E-state index in [0.29, 0.717) is 24.8 Å². The van der Waals surface area contributed by atoms with Gasteiger partial charge in [-0.1, -0.05) is 41.6 Å². The number of rotatable bonds is 6. The lowest BCUT2D eigenvalue weighted by atomic mass is 9.97. The molecule has 29 heavy (non-hydrogen) atoms. The van der Waals surface area contributed by atoms with Gasteiger partial charge in [-0.25, -0.2) is 0 Å². The molecule has 1 atom stereocenters. The van der Waals surface area contributed by atoms with Gasteiger partial charge in [0.2, 0.25) is 17.6 Å². The van der Waals surface area contributed by atoms with Gasteiger partial charge in [0.25, 0.3) is 0 Å². The number of hydrogen-bond donors (Lipinski definition) is 1. The Morgan fingerprint density at radius 3 is 2.93 bits per heavy atom. The molecule has 2 aromatic carbocycles. The van der Waals surface area contributed by atoms with E-state index >= 15 is 0 Å². The molecule has 1 saturated heterocycles. The normalized spacial score (nSPS) is 17.2. The van der Waals surface area contributed by atoms with Gasteiger partial charge in [-0.05, 0) is 43.8 Å². The molecule has 0 radical (unpaired) electrons. The standard InChI is InChI=1S/C22H24N4O2S/c1-29-19-11-5-10-18(13-19)23-22(27)17-9-6-12-26(14-17)15-20-24-21(25-28-20)16-7-3-2-4-8-16/h2-5,7-8,10-11,13,17H,6,9,12,14-15H2,1H3,(H,23,27). The largest absolute Gasteiger partial charge is 0.338 e. The van der Waals surface area contributed by atoms with Gasteiger partial charge in [0.15, 0.2) is 0 Å². The summed E-state index contributed by atoms with van der Waals surface area (Å²) < 4.78 is 5.43. The lowest BCUT2D eigenvalue weighted by Crippen LogP contribution is -2.40. The maximum Gasteiger partial charge on any atom is 0.241 e. The van der Waals surface area contributed by atoms with Gasteiger partial charge in [0.1, 0.15) is 0 Å². The predicted octanol–water partition coefficient (Wildman–Crippen LogP) is 4.31. The van der Waals surface area contributed by atoms with Crippen LogP contribution in [0.2, 0.25) is 0 Å². The molecule has 1 fully saturated rings. The highest BCUT2D eigenvalue weighted by Crippen LogP contribution is 2.23. The molecule has 0 saturated carbocycles. The van der Waals surface area contributed by atoms with Gasteiger partial charge in [-0.3, -0.25) is 9.69 Å². The van der Waals surface area contributed by atoms with Gasteiger partial charge in [0.05, 0.1) is 12.5 Å². The maximum atomic E-state index is 12.8. The van der Waals surface area contributed by atoms with Crippen LogP contribution in [0.1, 0.15) is 18.7 Å². The Bertz CT molecular complexity index is 960. The molecule has 0 spiro atoms. The first kappa shape index (κ1) is 19.7. The summed E-state index contributed by atoms with van der Waals surface area (Å²) in [5, 5.41) is 7.15. The second kappa shape index (κ2) is 9.24. The Balaban J connectivity index is 1.36. The van der Waals surface area contributed by atoms with E-state index in [9.17, 15) is 4.79 Å². The molecular formula is C22H24N4O2S. The first-order chi connectivity index (χ1) is 14.2. The smallest absolute Gasteiger partial charge is 0.241 e. The minimum Gasteiger partial charge on any atom is -0.338 e. The summed E-state index contributed by atoms with van der Waals surface area (Å²) in [7, 11) is 0. The van der Waals surface area contributed by atoms with Crippen LogP contribution in [0.4, 0.5) is 5.69 Å². The number of amides is 1. The highest BCUT2D eigenvalue weighted by molar-refractivity contribution is 7.98. The van der Waals surface area contributed by atoms with E-state index in [1.165, 1.54) is 0 Å². The number of piperidine rings is 1. The average Bonchev–Trinajstić information content (AvgIpc) is 3.23. The Hall–Kier alpha value is -2.64. The van der Waals surface area contributed by atoms with Crippen LogP contribution in [0.5, 0.6) is 0 Å². The van der Waals surface area contributed by atoms with Crippen molar-refractivity contribution in [2.24, 2.45) is 5.92 Å². The summed E-state index contributed by atoms with van der Waals surface area (Å²) in [4.78, 5) is 20.6. The van der Waals surface area contributed by atoms with Crippen LogP contribution in [0.25, 0.3) is 11.4 Å². The summed E-state index contributed by atoms with van der Waals surface area (Å²) in [6.07, 6.45) is 3.90. The second-order valence-corrected chi connectivity index (χ2v) is 8.05. The predicted molar refractivity (Wildman–Crippen MR) is 115 cm³/mol. The zero-order valence-electron chi connectivity index (χ0n) is 16.4. The molecule has 0 bridgehead atoms. The van der Waals surface area contributed by atoms with Crippen molar-refractivity contribution in [2.45, 2.75) is 24.3 Å². The maximum absolute atomic E-state index is 12.8. The number of anilines is 1. The van der Waals surface area contributed by atoms with E-state index < -0.39 is 0 Å². The Morgan fingerprint density at radius 1 is 1.24 bits per heavy atom. The van der Waals surface area contributed by atoms with E-state index in [-0.39, 0.29) is 11.8 Å². The topological polar surface area (TPSA) is 71.3 Å². The van der Waals surface area contributed by atoms with Crippen molar-refractivity contribution >= 4 is 23.4 Å². The first-order valence-corrected chi connectivity index (χ1v) is 11.0. The molecule has 6 nitrogen and oxygen atoms in total. The van der Waals surface area contributed by atoms with Crippen molar-refractivity contribution in [1.29, 1.82) is 0 Å². The minimum atomic E-state index is -0.0433. The number of carbonyl (C=O) groups excluding carboxylic acids is 1. The van der Waals surface area contributed by atoms with Crippen LogP contribution in [-0.4, -0.2) is 40.3 Å². The highest BCUT2D eigenvalue weighted by Gasteiger charge is 2.27. The first-order valence-electron chi connectivity index (χ1n) is 9.76. The lowest BCUT2D eigenvalue weighted by Gasteiger charge is -2.30. The van der Waals surface area contributed by atoms with E-state index in [0.717, 1.165) is 35.5 Å². The van der Waals surface area contributed by atoms with Crippen molar-refractivity contribution in [2.75, 3.05) is 24.7 Å². The molecule has 7 heteroatoms. The minimum absolute atomic E-state index is 0.0433. The summed E-state index contributed by atoms with van der Waals surface area (Å²) in [5.74, 6) is 1.21. The van der Waals surface area contributed by atoms with E-state index in [4.69, 9.17) is 4.52 Å². The third kappa shape index (κ3) is 5.05. The summed E-state index contributed by atoms with van der Waals surface area (Å²) in [6.45, 7) is 2.18. The highest BCUT2D eigenvalue weighted by atomic mass is 32.2. The van der Waals surface area contributed by atoms with E-state index in [2.05, 4.69) is 20.4 Å². The number of carbonyl (C=O) groups is 1. The summed E-state index contributed by atoms with van der Waals surface area (Å²) in [6, 6.07) is 17.7. The number of hydrogen-bond acceptors (Lipinski definition) is 6. The van der Waals surface area contributed by atoms with Crippen LogP contribution >= 0.6 is 11.8 Å². The fraction of sp³-hybridized carbons (Fsp3) is 0.318. The average molecular weight is 409 g/mol. The Morgan fingerprint density at radius 2 is 2.10 bits per heavy atom. The zero-order chi connectivity index (χ0) is 20.1. The number of aromatic nitrogens is 2. The van der Waals surface area contributed by atoms with Gasteiger partial charge in [0, 0.05) is 22.7 Å². The zero-order valence-corrected chi connectivity index (χ0v) is 17.2. The molecule has 3 aromatic rings. The van der Waals surface area contributed by atoms with E-state index in [1.807, 2.05) is 60.9 Å². The molecule has 1 aliphatic heterocycles. The number of nitrogens with one attached hydrogen (secondary N) is 1. The number of nitrogens with zero attached hydrogens (tertiary/aromatic N) is 3. The van der Waals surface area contributed by atoms with Gasteiger partial charge >= 0.3 is 0 Å². The van der Waals surface area contributed by atoms with Crippen LogP contribution < -0.4 is 5.32 Å². The number of thioether (sulfide) groups is 1. The quantitative estimate of drug-likeness (QED) is 0.613. The van der Waals surface area contributed by atoms with Crippen molar-refractivity contribution in [3.63, 3.8) is 0 Å². The van der Waals surface area contributed by atoms with Crippen LogP contribution in [0.3, 0.4) is 0 Å². The summed E-state index contributed by atoms with van der Waals surface area (Å²) >= 11 is 1.66. The molecule has 4 rings (SSSR count). The van der Waals surface area contributed by atoms with Crippen LogP contribution in [-0.2, 0) is 11.3 Å². The molecule has 2 heterocycles. The van der Waals surface area contributed by atoms with Gasteiger partial charge < -0.3 is 9.84 Å². The Labute approximate surface area is 174 Å². The van der Waals surface area contributed by atoms with E-state index in [1.54, 1.807) is 11.8 Å². The lowest BCUT2D eigenvalue weighted by molar-refractivity contribution is -0.121. The molecule has 150 valence electrons. The van der Waals surface area contributed by atoms with Crippen molar-refractivity contribution in [1.82, 2.24) is 15.0 Å². The van der Waals surface area contributed by atoms with Crippen molar-refractivity contribution in [3.8, 4) is 11.4 Å². The van der Waals surface area contributed by atoms with Crippen LogP contribution in [0.15, 0.2) is 64.0 Å². The third-order valence-corrected chi connectivity index (χ3v) is 5.80. The fourth-order valence-electron chi connectivity index (χ4n) is 3.57. The van der Waals surface area contributed by atoms with Gasteiger partial charge in [-0.2, -0.15) is 4.98 Å². The number of likely N-dealkylation sites (tertiary alicyclic amines) is 1. The molecular weight excluding hydrogens is 384 g/mol. The molecule has 0 aliphatic carbocycles. The number of benzene rings is 2. The third-order valence-electron chi connectivity index (χ3n) is 5.07. The summed E-state index contributed by atoms with van der Waals surface area (Å²) in [5.41, 5.74) is 1.79. The molecule has 1 aliphatic rings. The fourth-order valence-corrected chi connectivity index (χ4v) is 4.03. The van der Waals surface area contributed by atoms with Crippen molar-refractivity contribution in [3.05, 3.63) is 60.5 Å². The Kier molecular flexibility index (Phi) is 6.27. The van der Waals surface area contributed by atoms with Crippen LogP contribution in [0, 0.1) is 5.92 Å².